The van der Waals surface area contributed by atoms with Crippen LogP contribution in [0.1, 0.15) is 5.82 Å². The molecular formula is C10H7Cl2F3N2. The van der Waals surface area contributed by atoms with Crippen molar-refractivity contribution in [2.24, 2.45) is 0 Å². The Morgan fingerprint density at radius 3 is 2.35 bits per heavy atom. The summed E-state index contributed by atoms with van der Waals surface area (Å²) in [4.78, 5) is 3.89. The van der Waals surface area contributed by atoms with E-state index in [2.05, 4.69) is 4.98 Å². The van der Waals surface area contributed by atoms with Gasteiger partial charge in [0.1, 0.15) is 5.82 Å². The van der Waals surface area contributed by atoms with Gasteiger partial charge in [-0.05, 0) is 19.1 Å². The average Bonchev–Trinajstić information content (AvgIpc) is 2.51. The predicted octanol–water partition coefficient (Wildman–Crippen LogP) is 3.99. The SMILES string of the molecule is Cc1nc2ccccc2n1C(F)(F)C(F)(Cl)Cl. The average molecular weight is 283 g/mol. The molecule has 0 fully saturated rings. The highest BCUT2D eigenvalue weighted by molar-refractivity contribution is 6.47. The maximum absolute atomic E-state index is 13.8. The van der Waals surface area contributed by atoms with Crippen LogP contribution in [0.15, 0.2) is 24.3 Å². The number of nitrogens with zero attached hydrogens (tertiary/aromatic N) is 2. The van der Waals surface area contributed by atoms with Crippen molar-refractivity contribution in [1.29, 1.82) is 0 Å². The number of aryl methyl sites for hydroxylation is 1. The van der Waals surface area contributed by atoms with E-state index in [-0.39, 0.29) is 11.3 Å². The van der Waals surface area contributed by atoms with Crippen molar-refractivity contribution in [2.75, 3.05) is 0 Å². The van der Waals surface area contributed by atoms with E-state index in [0.717, 1.165) is 0 Å². The van der Waals surface area contributed by atoms with Crippen molar-refractivity contribution < 1.29 is 13.2 Å². The number of fused-ring (bicyclic) bond motifs is 1. The fraction of sp³-hybridized carbons (Fsp3) is 0.300. The van der Waals surface area contributed by atoms with Crippen LogP contribution in [-0.4, -0.2) is 14.1 Å². The quantitative estimate of drug-likeness (QED) is 0.762. The smallest absolute Gasteiger partial charge is 0.263 e. The van der Waals surface area contributed by atoms with Gasteiger partial charge in [0.25, 0.3) is 0 Å². The first-order valence-electron chi connectivity index (χ1n) is 4.64. The van der Waals surface area contributed by atoms with Crippen LogP contribution in [0.5, 0.6) is 0 Å². The van der Waals surface area contributed by atoms with Gasteiger partial charge in [0.2, 0.25) is 0 Å². The minimum Gasteiger partial charge on any atom is -0.263 e. The molecule has 0 radical (unpaired) electrons. The van der Waals surface area contributed by atoms with Gasteiger partial charge in [-0.1, -0.05) is 35.3 Å². The summed E-state index contributed by atoms with van der Waals surface area (Å²) in [6.45, 7) is 1.33. The molecule has 0 aliphatic rings. The van der Waals surface area contributed by atoms with Crippen LogP contribution in [0.2, 0.25) is 0 Å². The Kier molecular flexibility index (Phi) is 2.78. The molecule has 2 aromatic rings. The molecular weight excluding hydrogens is 276 g/mol. The van der Waals surface area contributed by atoms with Crippen molar-refractivity contribution in [1.82, 2.24) is 9.55 Å². The van der Waals surface area contributed by atoms with E-state index in [1.807, 2.05) is 0 Å². The Hall–Kier alpha value is -0.940. The predicted molar refractivity (Wildman–Crippen MR) is 60.2 cm³/mol. The molecule has 0 N–H and O–H groups in total. The summed E-state index contributed by atoms with van der Waals surface area (Å²) in [5.41, 5.74) is 0.389. The van der Waals surface area contributed by atoms with Crippen LogP contribution in [0.3, 0.4) is 0 Å². The summed E-state index contributed by atoms with van der Waals surface area (Å²) in [6, 6.07) is 2.01. The number of rotatable bonds is 2. The van der Waals surface area contributed by atoms with Gasteiger partial charge < -0.3 is 0 Å². The highest BCUT2D eigenvalue weighted by atomic mass is 35.5. The molecule has 2 rings (SSSR count). The summed E-state index contributed by atoms with van der Waals surface area (Å²) in [7, 11) is 0. The second-order valence-corrected chi connectivity index (χ2v) is 4.76. The van der Waals surface area contributed by atoms with E-state index < -0.39 is 10.6 Å². The van der Waals surface area contributed by atoms with Crippen molar-refractivity contribution in [3.63, 3.8) is 0 Å². The standard InChI is InChI=1S/C10H7Cl2F3N2/c1-6-16-7-4-2-3-5-8(7)17(6)10(14,15)9(11,12)13/h2-5H,1H3. The third kappa shape index (κ3) is 1.87. The third-order valence-electron chi connectivity index (χ3n) is 2.35. The van der Waals surface area contributed by atoms with Crippen molar-refractivity contribution in [3.8, 4) is 0 Å². The zero-order valence-electron chi connectivity index (χ0n) is 8.59. The number of alkyl halides is 5. The van der Waals surface area contributed by atoms with Gasteiger partial charge in [-0.15, -0.1) is 0 Å². The maximum atomic E-state index is 13.8. The monoisotopic (exact) mass is 282 g/mol. The molecule has 0 aliphatic carbocycles. The van der Waals surface area contributed by atoms with Gasteiger partial charge >= 0.3 is 10.6 Å². The number of imidazole rings is 1. The van der Waals surface area contributed by atoms with E-state index in [0.29, 0.717) is 10.1 Å². The summed E-state index contributed by atoms with van der Waals surface area (Å²) in [5, 5.41) is 0. The van der Waals surface area contributed by atoms with Crippen LogP contribution in [0, 0.1) is 6.92 Å². The zero-order valence-corrected chi connectivity index (χ0v) is 10.1. The molecule has 1 aromatic heterocycles. The lowest BCUT2D eigenvalue weighted by Gasteiger charge is -2.25. The molecule has 0 spiro atoms. The highest BCUT2D eigenvalue weighted by Crippen LogP contribution is 2.45. The lowest BCUT2D eigenvalue weighted by molar-refractivity contribution is -0.130. The Labute approximate surface area is 105 Å². The van der Waals surface area contributed by atoms with Gasteiger partial charge in [-0.3, -0.25) is 4.57 Å². The van der Waals surface area contributed by atoms with Crippen molar-refractivity contribution in [3.05, 3.63) is 30.1 Å². The largest absolute Gasteiger partial charge is 0.393 e. The lowest BCUT2D eigenvalue weighted by atomic mass is 10.3. The van der Waals surface area contributed by atoms with Crippen molar-refractivity contribution in [2.45, 2.75) is 17.6 Å². The molecule has 0 atom stereocenters. The Bertz CT molecular complexity index is 560. The van der Waals surface area contributed by atoms with Crippen LogP contribution < -0.4 is 0 Å². The molecule has 2 nitrogen and oxygen atoms in total. The second-order valence-electron chi connectivity index (χ2n) is 3.52. The first-order chi connectivity index (χ1) is 7.75. The summed E-state index contributed by atoms with van der Waals surface area (Å²) < 4.78 is 37.4. The second kappa shape index (κ2) is 3.78. The molecule has 0 saturated carbocycles. The molecule has 0 saturated heterocycles. The maximum Gasteiger partial charge on any atom is 0.393 e. The van der Waals surface area contributed by atoms with Crippen molar-refractivity contribution >= 4 is 34.2 Å². The number of hydrogen-bond donors (Lipinski definition) is 0. The van der Waals surface area contributed by atoms with Crippen LogP contribution in [0.25, 0.3) is 11.0 Å². The normalized spacial score (nSPS) is 13.3. The van der Waals surface area contributed by atoms with E-state index >= 15 is 0 Å². The molecule has 7 heteroatoms. The molecule has 0 amide bonds. The zero-order chi connectivity index (χ0) is 12.8. The number of para-hydroxylation sites is 2. The minimum absolute atomic E-state index is 0.0679. The van der Waals surface area contributed by atoms with Crippen LogP contribution in [-0.2, 0) is 6.05 Å². The minimum atomic E-state index is -4.10. The molecule has 1 heterocycles. The number of halogens is 5. The van der Waals surface area contributed by atoms with Gasteiger partial charge in [0.05, 0.1) is 11.0 Å². The first kappa shape index (κ1) is 12.5. The Morgan fingerprint density at radius 2 is 1.76 bits per heavy atom. The summed E-state index contributed by atoms with van der Waals surface area (Å²) in [5.74, 6) is -0.0699. The summed E-state index contributed by atoms with van der Waals surface area (Å²) in [6.07, 6.45) is 0. The van der Waals surface area contributed by atoms with E-state index in [9.17, 15) is 13.2 Å². The van der Waals surface area contributed by atoms with Gasteiger partial charge in [-0.25, -0.2) is 4.98 Å². The number of hydrogen-bond acceptors (Lipinski definition) is 1. The van der Waals surface area contributed by atoms with E-state index in [4.69, 9.17) is 23.2 Å². The Balaban J connectivity index is 2.75. The first-order valence-corrected chi connectivity index (χ1v) is 5.40. The van der Waals surface area contributed by atoms with Gasteiger partial charge in [0, 0.05) is 0 Å². The number of benzene rings is 1. The summed E-state index contributed by atoms with van der Waals surface area (Å²) >= 11 is 9.78. The fourth-order valence-electron chi connectivity index (χ4n) is 1.63. The number of aromatic nitrogens is 2. The lowest BCUT2D eigenvalue weighted by Crippen LogP contribution is -2.38. The van der Waals surface area contributed by atoms with Crippen LogP contribution in [0.4, 0.5) is 13.2 Å². The Morgan fingerprint density at radius 1 is 1.18 bits per heavy atom. The highest BCUT2D eigenvalue weighted by Gasteiger charge is 2.55. The molecule has 92 valence electrons. The third-order valence-corrected chi connectivity index (χ3v) is 2.81. The van der Waals surface area contributed by atoms with Crippen LogP contribution >= 0.6 is 23.2 Å². The topological polar surface area (TPSA) is 17.8 Å². The van der Waals surface area contributed by atoms with Gasteiger partial charge in [0.15, 0.2) is 0 Å². The van der Waals surface area contributed by atoms with E-state index in [1.165, 1.54) is 19.1 Å². The molecule has 0 aliphatic heterocycles. The van der Waals surface area contributed by atoms with Gasteiger partial charge in [-0.2, -0.15) is 13.2 Å². The molecule has 1 aromatic carbocycles. The molecule has 17 heavy (non-hydrogen) atoms. The molecule has 0 unspecified atom stereocenters. The van der Waals surface area contributed by atoms with E-state index in [1.54, 1.807) is 12.1 Å². The fourth-order valence-corrected chi connectivity index (χ4v) is 1.80. The molecule has 0 bridgehead atoms.